The molecule has 0 radical (unpaired) electrons. The smallest absolute Gasteiger partial charge is 0.257 e. The average molecular weight is 529 g/mol. The van der Waals surface area contributed by atoms with Crippen molar-refractivity contribution < 1.29 is 14.3 Å². The monoisotopic (exact) mass is 529 g/mol. The van der Waals surface area contributed by atoms with Gasteiger partial charge in [0.1, 0.15) is 0 Å². The van der Waals surface area contributed by atoms with E-state index >= 15 is 0 Å². The van der Waals surface area contributed by atoms with Crippen LogP contribution in [0.4, 0.5) is 0 Å². The molecule has 0 bridgehead atoms. The third-order valence-corrected chi connectivity index (χ3v) is 4.44. The van der Waals surface area contributed by atoms with E-state index in [0.29, 0.717) is 24.6 Å². The van der Waals surface area contributed by atoms with Crippen LogP contribution >= 0.6 is 24.0 Å². The molecule has 30 heavy (non-hydrogen) atoms. The van der Waals surface area contributed by atoms with Crippen molar-refractivity contribution in [2.45, 2.75) is 20.0 Å². The van der Waals surface area contributed by atoms with Crippen LogP contribution in [-0.4, -0.2) is 55.7 Å². The summed E-state index contributed by atoms with van der Waals surface area (Å²) in [4.78, 5) is 18.0. The van der Waals surface area contributed by atoms with Gasteiger partial charge in [-0.15, -0.1) is 24.0 Å². The fourth-order valence-electron chi connectivity index (χ4n) is 2.88. The van der Waals surface area contributed by atoms with Crippen molar-refractivity contribution in [3.8, 4) is 11.5 Å². The SMILES string of the molecule is CCNC(=O)COc1ccc(CNC(=NC)N(C)Cc2cccn2C)cc1OC.I. The number of carbonyl (C=O) groups is 1. The fourth-order valence-corrected chi connectivity index (χ4v) is 2.88. The van der Waals surface area contributed by atoms with Gasteiger partial charge in [0.2, 0.25) is 0 Å². The van der Waals surface area contributed by atoms with Crippen molar-refractivity contribution in [2.75, 3.05) is 34.4 Å². The number of carbonyl (C=O) groups excluding carboxylic acids is 1. The second-order valence-corrected chi connectivity index (χ2v) is 6.59. The molecule has 9 heteroatoms. The molecule has 0 fully saturated rings. The summed E-state index contributed by atoms with van der Waals surface area (Å²) in [5.41, 5.74) is 2.21. The molecular formula is C21H32IN5O3. The minimum absolute atomic E-state index is 0. The highest BCUT2D eigenvalue weighted by molar-refractivity contribution is 14.0. The molecule has 166 valence electrons. The van der Waals surface area contributed by atoms with Crippen LogP contribution in [0.5, 0.6) is 11.5 Å². The molecule has 2 aromatic rings. The number of nitrogens with one attached hydrogen (secondary N) is 2. The predicted octanol–water partition coefficient (Wildman–Crippen LogP) is 2.37. The zero-order valence-corrected chi connectivity index (χ0v) is 20.6. The number of nitrogens with zero attached hydrogens (tertiary/aromatic N) is 3. The van der Waals surface area contributed by atoms with Gasteiger partial charge in [-0.3, -0.25) is 9.79 Å². The second kappa shape index (κ2) is 13.0. The predicted molar refractivity (Wildman–Crippen MR) is 130 cm³/mol. The largest absolute Gasteiger partial charge is 0.493 e. The van der Waals surface area contributed by atoms with Crippen molar-refractivity contribution in [3.63, 3.8) is 0 Å². The van der Waals surface area contributed by atoms with Gasteiger partial charge < -0.3 is 29.6 Å². The number of aliphatic imine (C=N–C) groups is 1. The molecule has 8 nitrogen and oxygen atoms in total. The van der Waals surface area contributed by atoms with Gasteiger partial charge in [-0.1, -0.05) is 6.07 Å². The van der Waals surface area contributed by atoms with E-state index in [2.05, 4.69) is 31.2 Å². The van der Waals surface area contributed by atoms with Crippen molar-refractivity contribution in [2.24, 2.45) is 12.0 Å². The van der Waals surface area contributed by atoms with Crippen LogP contribution in [0.15, 0.2) is 41.5 Å². The Morgan fingerprint density at radius 2 is 2.00 bits per heavy atom. The quantitative estimate of drug-likeness (QED) is 0.296. The Morgan fingerprint density at radius 1 is 1.23 bits per heavy atom. The summed E-state index contributed by atoms with van der Waals surface area (Å²) in [6, 6.07) is 9.76. The van der Waals surface area contributed by atoms with E-state index in [9.17, 15) is 4.79 Å². The van der Waals surface area contributed by atoms with Gasteiger partial charge in [0, 0.05) is 46.1 Å². The third kappa shape index (κ3) is 7.43. The molecular weight excluding hydrogens is 497 g/mol. The lowest BCUT2D eigenvalue weighted by molar-refractivity contribution is -0.123. The molecule has 1 aromatic carbocycles. The molecule has 0 saturated heterocycles. The van der Waals surface area contributed by atoms with Gasteiger partial charge in [0.25, 0.3) is 5.91 Å². The standard InChI is InChI=1S/C21H31N5O3.HI/c1-6-23-20(27)15-29-18-10-9-16(12-19(18)28-5)13-24-21(22-2)26(4)14-17-8-7-11-25(17)3;/h7-12H,6,13-15H2,1-5H3,(H,22,24)(H,23,27);1H. The number of benzene rings is 1. The summed E-state index contributed by atoms with van der Waals surface area (Å²) in [5.74, 6) is 1.75. The first-order valence-corrected chi connectivity index (χ1v) is 9.56. The topological polar surface area (TPSA) is 80.1 Å². The van der Waals surface area contributed by atoms with Crippen LogP contribution in [0.2, 0.25) is 0 Å². The molecule has 1 heterocycles. The first kappa shape index (κ1) is 25.6. The van der Waals surface area contributed by atoms with Crippen molar-refractivity contribution in [1.82, 2.24) is 20.1 Å². The van der Waals surface area contributed by atoms with Gasteiger partial charge in [-0.05, 0) is 36.8 Å². The maximum absolute atomic E-state index is 11.6. The van der Waals surface area contributed by atoms with Gasteiger partial charge in [-0.2, -0.15) is 0 Å². The Balaban J connectivity index is 0.00000450. The maximum Gasteiger partial charge on any atom is 0.257 e. The number of rotatable bonds is 9. The van der Waals surface area contributed by atoms with Gasteiger partial charge >= 0.3 is 0 Å². The number of amides is 1. The molecule has 1 amide bonds. The van der Waals surface area contributed by atoms with E-state index in [0.717, 1.165) is 18.1 Å². The van der Waals surface area contributed by atoms with Crippen LogP contribution in [-0.2, 0) is 24.9 Å². The zero-order valence-electron chi connectivity index (χ0n) is 18.3. The fraction of sp³-hybridized carbons (Fsp3) is 0.429. The second-order valence-electron chi connectivity index (χ2n) is 6.59. The third-order valence-electron chi connectivity index (χ3n) is 4.44. The number of hydrogen-bond donors (Lipinski definition) is 2. The van der Waals surface area contributed by atoms with Crippen molar-refractivity contribution in [1.29, 1.82) is 0 Å². The molecule has 2 rings (SSSR count). The zero-order chi connectivity index (χ0) is 21.2. The van der Waals surface area contributed by atoms with Crippen LogP contribution in [0.3, 0.4) is 0 Å². The number of guanidine groups is 1. The molecule has 1 aromatic heterocycles. The van der Waals surface area contributed by atoms with Gasteiger partial charge in [0.15, 0.2) is 24.1 Å². The lowest BCUT2D eigenvalue weighted by atomic mass is 10.2. The highest BCUT2D eigenvalue weighted by atomic mass is 127. The molecule has 0 aliphatic heterocycles. The number of aryl methyl sites for hydroxylation is 1. The summed E-state index contributed by atoms with van der Waals surface area (Å²) < 4.78 is 13.1. The van der Waals surface area contributed by atoms with Crippen LogP contribution < -0.4 is 20.1 Å². The first-order chi connectivity index (χ1) is 14.0. The number of halogens is 1. The molecule has 2 N–H and O–H groups in total. The summed E-state index contributed by atoms with van der Waals surface area (Å²) in [5, 5.41) is 6.06. The Kier molecular flexibility index (Phi) is 11.1. The van der Waals surface area contributed by atoms with E-state index in [1.54, 1.807) is 14.2 Å². The van der Waals surface area contributed by atoms with E-state index in [1.807, 2.05) is 51.5 Å². The molecule has 0 spiro atoms. The molecule has 0 unspecified atom stereocenters. The minimum Gasteiger partial charge on any atom is -0.493 e. The number of methoxy groups -OCH3 is 1. The van der Waals surface area contributed by atoms with Gasteiger partial charge in [0.05, 0.1) is 13.7 Å². The highest BCUT2D eigenvalue weighted by Gasteiger charge is 2.11. The summed E-state index contributed by atoms with van der Waals surface area (Å²) in [6.07, 6.45) is 2.03. The Bertz CT molecular complexity index is 838. The Morgan fingerprint density at radius 3 is 2.60 bits per heavy atom. The number of hydrogen-bond acceptors (Lipinski definition) is 4. The van der Waals surface area contributed by atoms with Crippen LogP contribution in [0.25, 0.3) is 0 Å². The normalized spacial score (nSPS) is 10.8. The Hall–Kier alpha value is -2.43. The van der Waals surface area contributed by atoms with E-state index < -0.39 is 0 Å². The van der Waals surface area contributed by atoms with Crippen LogP contribution in [0, 0.1) is 0 Å². The van der Waals surface area contributed by atoms with Gasteiger partial charge in [-0.25, -0.2) is 0 Å². The number of ether oxygens (including phenoxy) is 2. The maximum atomic E-state index is 11.6. The van der Waals surface area contributed by atoms with E-state index in [4.69, 9.17) is 9.47 Å². The molecule has 0 saturated carbocycles. The molecule has 0 atom stereocenters. The van der Waals surface area contributed by atoms with E-state index in [-0.39, 0.29) is 36.5 Å². The lowest BCUT2D eigenvalue weighted by Crippen LogP contribution is -2.38. The highest BCUT2D eigenvalue weighted by Crippen LogP contribution is 2.28. The molecule has 0 aliphatic carbocycles. The summed E-state index contributed by atoms with van der Waals surface area (Å²) >= 11 is 0. The molecule has 0 aliphatic rings. The average Bonchev–Trinajstić information content (AvgIpc) is 3.11. The lowest BCUT2D eigenvalue weighted by Gasteiger charge is -2.22. The van der Waals surface area contributed by atoms with Crippen LogP contribution in [0.1, 0.15) is 18.2 Å². The number of aromatic nitrogens is 1. The van der Waals surface area contributed by atoms with Crippen molar-refractivity contribution in [3.05, 3.63) is 47.8 Å². The first-order valence-electron chi connectivity index (χ1n) is 9.56. The summed E-state index contributed by atoms with van der Waals surface area (Å²) in [7, 11) is 7.38. The summed E-state index contributed by atoms with van der Waals surface area (Å²) in [6.45, 7) is 3.73. The van der Waals surface area contributed by atoms with Crippen molar-refractivity contribution >= 4 is 35.8 Å². The Labute approximate surface area is 195 Å². The minimum atomic E-state index is -0.162. The van der Waals surface area contributed by atoms with E-state index in [1.165, 1.54) is 5.69 Å². The number of likely N-dealkylation sites (N-methyl/N-ethyl adjacent to an activating group) is 1.